The highest BCUT2D eigenvalue weighted by atomic mass is 32.2. The molecular weight excluding hydrogens is 351 g/mol. The van der Waals surface area contributed by atoms with E-state index in [0.29, 0.717) is 6.42 Å². The molecule has 4 rings (SSSR count). The lowest BCUT2D eigenvalue weighted by Crippen LogP contribution is -2.32. The molecule has 1 aromatic carbocycles. The third-order valence-electron chi connectivity index (χ3n) is 4.78. The van der Waals surface area contributed by atoms with Gasteiger partial charge >= 0.3 is 6.36 Å². The van der Waals surface area contributed by atoms with E-state index in [9.17, 15) is 18.0 Å². The number of hydrogen-bond donors (Lipinski definition) is 0. The number of Topliss-reactive ketones (excluding diaryl/α,β-unsaturated/α-hetero) is 1. The van der Waals surface area contributed by atoms with E-state index in [-0.39, 0.29) is 22.7 Å². The van der Waals surface area contributed by atoms with Crippen molar-refractivity contribution >= 4 is 23.3 Å². The lowest BCUT2D eigenvalue weighted by atomic mass is 9.77. The Morgan fingerprint density at radius 2 is 1.88 bits per heavy atom. The Kier molecular flexibility index (Phi) is 4.14. The second kappa shape index (κ2) is 6.20. The van der Waals surface area contributed by atoms with Crippen molar-refractivity contribution in [2.75, 3.05) is 5.75 Å². The SMILES string of the molecule is O=C1CCCC2=C1C(c1ccc(OC(F)(F)F)cc1)C1SCCC1=N2. The van der Waals surface area contributed by atoms with Crippen LogP contribution >= 0.6 is 11.8 Å². The van der Waals surface area contributed by atoms with Gasteiger partial charge in [0.2, 0.25) is 0 Å². The molecule has 0 spiro atoms. The van der Waals surface area contributed by atoms with Gasteiger partial charge in [-0.3, -0.25) is 9.79 Å². The number of aliphatic imine (C=N–C) groups is 1. The number of alkyl halides is 3. The fraction of sp³-hybridized carbons (Fsp3) is 0.444. The standard InChI is InChI=1S/C18H16F3NO2S/c19-18(20,21)24-11-6-4-10(5-7-11)15-16-12(2-1-3-14(16)23)22-13-8-9-25-17(13)15/h4-7,15,17H,1-3,8-9H2. The molecule has 0 amide bonds. The molecule has 1 saturated heterocycles. The molecule has 25 heavy (non-hydrogen) atoms. The maximum absolute atomic E-state index is 12.5. The number of carbonyl (C=O) groups excluding carboxylic acids is 1. The van der Waals surface area contributed by atoms with Crippen LogP contribution in [0.4, 0.5) is 13.2 Å². The van der Waals surface area contributed by atoms with Gasteiger partial charge in [0.25, 0.3) is 0 Å². The number of fused-ring (bicyclic) bond motifs is 1. The average molecular weight is 367 g/mol. The smallest absolute Gasteiger partial charge is 0.406 e. The van der Waals surface area contributed by atoms with Crippen LogP contribution < -0.4 is 4.74 Å². The van der Waals surface area contributed by atoms with Gasteiger partial charge in [0, 0.05) is 29.3 Å². The fourth-order valence-electron chi connectivity index (χ4n) is 3.80. The summed E-state index contributed by atoms with van der Waals surface area (Å²) in [6, 6.07) is 5.92. The molecule has 2 atom stereocenters. The van der Waals surface area contributed by atoms with E-state index in [1.54, 1.807) is 23.9 Å². The van der Waals surface area contributed by atoms with Crippen LogP contribution in [0.3, 0.4) is 0 Å². The molecule has 1 aromatic rings. The summed E-state index contributed by atoms with van der Waals surface area (Å²) < 4.78 is 41.0. The van der Waals surface area contributed by atoms with Crippen molar-refractivity contribution < 1.29 is 22.7 Å². The van der Waals surface area contributed by atoms with Crippen LogP contribution in [0.1, 0.15) is 37.2 Å². The molecule has 3 nitrogen and oxygen atoms in total. The number of halogens is 3. The van der Waals surface area contributed by atoms with Crippen LogP contribution in [-0.4, -0.2) is 28.9 Å². The number of hydrogen-bond acceptors (Lipinski definition) is 4. The van der Waals surface area contributed by atoms with E-state index in [2.05, 4.69) is 4.74 Å². The molecule has 0 N–H and O–H groups in total. The third-order valence-corrected chi connectivity index (χ3v) is 6.12. The van der Waals surface area contributed by atoms with Crippen molar-refractivity contribution in [3.63, 3.8) is 0 Å². The second-order valence-electron chi connectivity index (χ2n) is 6.38. The maximum Gasteiger partial charge on any atom is 0.573 e. The number of allylic oxidation sites excluding steroid dienone is 2. The summed E-state index contributed by atoms with van der Waals surface area (Å²) in [7, 11) is 0. The molecule has 1 fully saturated rings. The van der Waals surface area contributed by atoms with Crippen molar-refractivity contribution in [2.24, 2.45) is 4.99 Å². The number of ketones is 1. The predicted octanol–water partition coefficient (Wildman–Crippen LogP) is 4.64. The summed E-state index contributed by atoms with van der Waals surface area (Å²) in [5.41, 5.74) is 3.60. The molecular formula is C18H16F3NO2S. The van der Waals surface area contributed by atoms with E-state index in [1.165, 1.54) is 12.1 Å². The topological polar surface area (TPSA) is 38.7 Å². The minimum Gasteiger partial charge on any atom is -0.406 e. The number of thioether (sulfide) groups is 1. The van der Waals surface area contributed by atoms with E-state index in [0.717, 1.165) is 47.6 Å². The Hall–Kier alpha value is -1.76. The largest absolute Gasteiger partial charge is 0.573 e. The predicted molar refractivity (Wildman–Crippen MR) is 90.0 cm³/mol. The first-order chi connectivity index (χ1) is 11.9. The third kappa shape index (κ3) is 3.21. The van der Waals surface area contributed by atoms with Gasteiger partial charge in [0.1, 0.15) is 5.75 Å². The molecule has 0 bridgehead atoms. The van der Waals surface area contributed by atoms with Crippen molar-refractivity contribution in [1.82, 2.24) is 0 Å². The Labute approximate surface area is 147 Å². The van der Waals surface area contributed by atoms with Crippen LogP contribution in [-0.2, 0) is 4.79 Å². The number of rotatable bonds is 2. The monoisotopic (exact) mass is 367 g/mol. The first kappa shape index (κ1) is 16.7. The highest BCUT2D eigenvalue weighted by Crippen LogP contribution is 2.47. The molecule has 0 aromatic heterocycles. The van der Waals surface area contributed by atoms with Gasteiger partial charge < -0.3 is 4.74 Å². The molecule has 2 unspecified atom stereocenters. The minimum absolute atomic E-state index is 0.107. The summed E-state index contributed by atoms with van der Waals surface area (Å²) in [6.07, 6.45) is -1.66. The first-order valence-electron chi connectivity index (χ1n) is 8.23. The van der Waals surface area contributed by atoms with Crippen LogP contribution in [0.2, 0.25) is 0 Å². The Bertz CT molecular complexity index is 768. The lowest BCUT2D eigenvalue weighted by Gasteiger charge is -2.33. The number of ether oxygens (including phenoxy) is 1. The van der Waals surface area contributed by atoms with E-state index in [4.69, 9.17) is 4.99 Å². The van der Waals surface area contributed by atoms with Gasteiger partial charge in [0.15, 0.2) is 5.78 Å². The van der Waals surface area contributed by atoms with E-state index < -0.39 is 6.36 Å². The van der Waals surface area contributed by atoms with Crippen LogP contribution in [0, 0.1) is 0 Å². The van der Waals surface area contributed by atoms with Crippen LogP contribution in [0.15, 0.2) is 40.5 Å². The highest BCUT2D eigenvalue weighted by Gasteiger charge is 2.42. The Morgan fingerprint density at radius 3 is 2.60 bits per heavy atom. The van der Waals surface area contributed by atoms with Crippen molar-refractivity contribution in [2.45, 2.75) is 43.2 Å². The van der Waals surface area contributed by atoms with Gasteiger partial charge in [-0.2, -0.15) is 11.8 Å². The zero-order valence-electron chi connectivity index (χ0n) is 13.3. The van der Waals surface area contributed by atoms with Gasteiger partial charge in [-0.1, -0.05) is 12.1 Å². The summed E-state index contributed by atoms with van der Waals surface area (Å²) in [6.45, 7) is 0. The zero-order valence-corrected chi connectivity index (χ0v) is 14.1. The lowest BCUT2D eigenvalue weighted by molar-refractivity contribution is -0.274. The van der Waals surface area contributed by atoms with Gasteiger partial charge in [-0.15, -0.1) is 13.2 Å². The second-order valence-corrected chi connectivity index (χ2v) is 7.63. The average Bonchev–Trinajstić information content (AvgIpc) is 3.00. The van der Waals surface area contributed by atoms with Crippen LogP contribution in [0.25, 0.3) is 0 Å². The molecule has 3 aliphatic rings. The van der Waals surface area contributed by atoms with E-state index >= 15 is 0 Å². The van der Waals surface area contributed by atoms with Crippen molar-refractivity contribution in [3.05, 3.63) is 41.1 Å². The maximum atomic E-state index is 12.5. The molecule has 0 radical (unpaired) electrons. The summed E-state index contributed by atoms with van der Waals surface area (Å²) in [4.78, 5) is 17.3. The molecule has 2 heterocycles. The minimum atomic E-state index is -4.71. The van der Waals surface area contributed by atoms with Crippen molar-refractivity contribution in [1.29, 1.82) is 0 Å². The highest BCUT2D eigenvalue weighted by molar-refractivity contribution is 8.01. The van der Waals surface area contributed by atoms with E-state index in [1.807, 2.05) is 0 Å². The first-order valence-corrected chi connectivity index (χ1v) is 9.28. The molecule has 132 valence electrons. The summed E-state index contributed by atoms with van der Waals surface area (Å²) in [5, 5.41) is 0.107. The Balaban J connectivity index is 1.71. The fourth-order valence-corrected chi connectivity index (χ4v) is 5.23. The molecule has 0 saturated carbocycles. The van der Waals surface area contributed by atoms with Gasteiger partial charge in [-0.25, -0.2) is 0 Å². The number of carbonyl (C=O) groups is 1. The summed E-state index contributed by atoms with van der Waals surface area (Å²) >= 11 is 1.77. The molecule has 1 aliphatic carbocycles. The Morgan fingerprint density at radius 1 is 1.12 bits per heavy atom. The molecule has 7 heteroatoms. The van der Waals surface area contributed by atoms with Crippen LogP contribution in [0.5, 0.6) is 5.75 Å². The van der Waals surface area contributed by atoms with Gasteiger partial charge in [-0.05, 0) is 42.7 Å². The molecule has 2 aliphatic heterocycles. The summed E-state index contributed by atoms with van der Waals surface area (Å²) in [5.74, 6) is 0.716. The number of nitrogens with zero attached hydrogens (tertiary/aromatic N) is 1. The quantitative estimate of drug-likeness (QED) is 0.765. The number of benzene rings is 1. The normalized spacial score (nSPS) is 26.2. The van der Waals surface area contributed by atoms with Gasteiger partial charge in [0.05, 0.1) is 5.25 Å². The zero-order chi connectivity index (χ0) is 17.6. The van der Waals surface area contributed by atoms with Crippen molar-refractivity contribution in [3.8, 4) is 5.75 Å².